The highest BCUT2D eigenvalue weighted by molar-refractivity contribution is 6.07. The summed E-state index contributed by atoms with van der Waals surface area (Å²) in [7, 11) is 1.74. The summed E-state index contributed by atoms with van der Waals surface area (Å²) in [4.78, 5) is 27.9. The van der Waals surface area contributed by atoms with Crippen molar-refractivity contribution in [3.63, 3.8) is 0 Å². The van der Waals surface area contributed by atoms with Crippen molar-refractivity contribution in [2.45, 2.75) is 5.92 Å². The van der Waals surface area contributed by atoms with Gasteiger partial charge in [-0.25, -0.2) is 0 Å². The molecule has 0 aliphatic carbocycles. The summed E-state index contributed by atoms with van der Waals surface area (Å²) in [6.45, 7) is 0. The molecule has 0 saturated heterocycles. The molecule has 4 nitrogen and oxygen atoms in total. The van der Waals surface area contributed by atoms with Crippen molar-refractivity contribution in [3.8, 4) is 0 Å². The molecular formula is C28H24N2O2. The lowest BCUT2D eigenvalue weighted by Crippen LogP contribution is -2.26. The molecule has 0 fully saturated rings. The zero-order valence-electron chi connectivity index (χ0n) is 17.8. The normalized spacial score (nSPS) is 10.6. The van der Waals surface area contributed by atoms with Crippen LogP contribution in [0.25, 0.3) is 0 Å². The van der Waals surface area contributed by atoms with Crippen molar-refractivity contribution >= 4 is 23.2 Å². The smallest absolute Gasteiger partial charge is 0.258 e. The second-order valence-corrected chi connectivity index (χ2v) is 7.52. The van der Waals surface area contributed by atoms with E-state index in [0.29, 0.717) is 11.3 Å². The van der Waals surface area contributed by atoms with Crippen molar-refractivity contribution in [2.24, 2.45) is 0 Å². The van der Waals surface area contributed by atoms with Crippen LogP contribution in [0.1, 0.15) is 27.4 Å². The molecule has 0 saturated carbocycles. The average molecular weight is 421 g/mol. The Morgan fingerprint density at radius 3 is 1.78 bits per heavy atom. The van der Waals surface area contributed by atoms with Gasteiger partial charge in [-0.1, -0.05) is 84.9 Å². The molecule has 0 aromatic heterocycles. The first-order chi connectivity index (χ1) is 15.6. The third-order valence-corrected chi connectivity index (χ3v) is 5.35. The van der Waals surface area contributed by atoms with E-state index in [0.717, 1.165) is 16.8 Å². The van der Waals surface area contributed by atoms with Gasteiger partial charge in [-0.15, -0.1) is 0 Å². The molecule has 0 heterocycles. The SMILES string of the molecule is CN(C(=O)c1cccc(NC(=O)C(c2ccccc2)c2ccccc2)c1)c1ccccc1. The van der Waals surface area contributed by atoms with Crippen molar-refractivity contribution < 1.29 is 9.59 Å². The third-order valence-electron chi connectivity index (χ3n) is 5.35. The second-order valence-electron chi connectivity index (χ2n) is 7.52. The molecule has 4 aromatic rings. The Kier molecular flexibility index (Phi) is 6.42. The first kappa shape index (κ1) is 21.1. The van der Waals surface area contributed by atoms with Gasteiger partial charge in [0, 0.05) is 24.0 Å². The molecule has 0 aliphatic heterocycles. The van der Waals surface area contributed by atoms with Gasteiger partial charge in [0.15, 0.2) is 0 Å². The van der Waals surface area contributed by atoms with Crippen molar-refractivity contribution in [3.05, 3.63) is 132 Å². The summed E-state index contributed by atoms with van der Waals surface area (Å²) < 4.78 is 0. The van der Waals surface area contributed by atoms with Crippen LogP contribution in [0.3, 0.4) is 0 Å². The Morgan fingerprint density at radius 2 is 1.22 bits per heavy atom. The maximum atomic E-state index is 13.3. The highest BCUT2D eigenvalue weighted by Gasteiger charge is 2.23. The highest BCUT2D eigenvalue weighted by atomic mass is 16.2. The van der Waals surface area contributed by atoms with Gasteiger partial charge in [-0.3, -0.25) is 9.59 Å². The summed E-state index contributed by atoms with van der Waals surface area (Å²) >= 11 is 0. The standard InChI is InChI=1S/C28H24N2O2/c1-30(25-18-9-4-10-19-25)28(32)23-16-11-17-24(20-23)29-27(31)26(21-12-5-2-6-13-21)22-14-7-3-8-15-22/h2-20,26H,1H3,(H,29,31). The first-order valence-corrected chi connectivity index (χ1v) is 10.5. The van der Waals surface area contributed by atoms with Gasteiger partial charge >= 0.3 is 0 Å². The Morgan fingerprint density at radius 1 is 0.688 bits per heavy atom. The van der Waals surface area contributed by atoms with E-state index in [1.165, 1.54) is 0 Å². The topological polar surface area (TPSA) is 49.4 Å². The van der Waals surface area contributed by atoms with E-state index in [-0.39, 0.29) is 11.8 Å². The van der Waals surface area contributed by atoms with Gasteiger partial charge in [0.25, 0.3) is 5.91 Å². The van der Waals surface area contributed by atoms with Crippen LogP contribution in [0.2, 0.25) is 0 Å². The van der Waals surface area contributed by atoms with Crippen LogP contribution in [-0.4, -0.2) is 18.9 Å². The second kappa shape index (κ2) is 9.75. The molecule has 1 N–H and O–H groups in total. The number of anilines is 2. The van der Waals surface area contributed by atoms with E-state index in [4.69, 9.17) is 0 Å². The fourth-order valence-electron chi connectivity index (χ4n) is 3.69. The average Bonchev–Trinajstić information content (AvgIpc) is 2.85. The van der Waals surface area contributed by atoms with Gasteiger partial charge in [-0.05, 0) is 41.5 Å². The van der Waals surface area contributed by atoms with Gasteiger partial charge in [0.2, 0.25) is 5.91 Å². The fraction of sp³-hybridized carbons (Fsp3) is 0.0714. The van der Waals surface area contributed by atoms with Crippen molar-refractivity contribution in [1.29, 1.82) is 0 Å². The zero-order chi connectivity index (χ0) is 22.3. The molecular weight excluding hydrogens is 396 g/mol. The minimum Gasteiger partial charge on any atom is -0.325 e. The van der Waals surface area contributed by atoms with E-state index >= 15 is 0 Å². The molecule has 4 aromatic carbocycles. The third kappa shape index (κ3) is 4.76. The largest absolute Gasteiger partial charge is 0.325 e. The van der Waals surface area contributed by atoms with Gasteiger partial charge < -0.3 is 10.2 Å². The maximum absolute atomic E-state index is 13.3. The van der Waals surface area contributed by atoms with E-state index in [2.05, 4.69) is 5.32 Å². The first-order valence-electron chi connectivity index (χ1n) is 10.5. The number of para-hydroxylation sites is 1. The molecule has 4 heteroatoms. The summed E-state index contributed by atoms with van der Waals surface area (Å²) in [5.41, 5.74) is 3.71. The van der Waals surface area contributed by atoms with Gasteiger partial charge in [0.05, 0.1) is 5.92 Å². The van der Waals surface area contributed by atoms with Crippen LogP contribution in [0.15, 0.2) is 115 Å². The van der Waals surface area contributed by atoms with Crippen LogP contribution in [0, 0.1) is 0 Å². The molecule has 0 unspecified atom stereocenters. The van der Waals surface area contributed by atoms with E-state index in [1.54, 1.807) is 36.2 Å². The number of rotatable bonds is 6. The molecule has 32 heavy (non-hydrogen) atoms. The monoisotopic (exact) mass is 420 g/mol. The predicted molar refractivity (Wildman–Crippen MR) is 129 cm³/mol. The predicted octanol–water partition coefficient (Wildman–Crippen LogP) is 5.73. The molecule has 4 rings (SSSR count). The number of nitrogens with zero attached hydrogens (tertiary/aromatic N) is 1. The zero-order valence-corrected chi connectivity index (χ0v) is 17.8. The Balaban J connectivity index is 1.58. The van der Waals surface area contributed by atoms with Crippen LogP contribution >= 0.6 is 0 Å². The number of benzene rings is 4. The molecule has 2 amide bonds. The summed E-state index contributed by atoms with van der Waals surface area (Å²) in [5.74, 6) is -0.748. The van der Waals surface area contributed by atoms with Crippen molar-refractivity contribution in [1.82, 2.24) is 0 Å². The maximum Gasteiger partial charge on any atom is 0.258 e. The summed E-state index contributed by atoms with van der Waals surface area (Å²) in [6.07, 6.45) is 0. The molecule has 0 atom stereocenters. The molecule has 158 valence electrons. The molecule has 0 radical (unpaired) electrons. The Hall–Kier alpha value is -4.18. The number of hydrogen-bond acceptors (Lipinski definition) is 2. The lowest BCUT2D eigenvalue weighted by molar-refractivity contribution is -0.116. The number of carbonyl (C=O) groups excluding carboxylic acids is 2. The van der Waals surface area contributed by atoms with E-state index in [9.17, 15) is 9.59 Å². The van der Waals surface area contributed by atoms with Crippen LogP contribution in [0.4, 0.5) is 11.4 Å². The number of nitrogens with one attached hydrogen (secondary N) is 1. The minimum absolute atomic E-state index is 0.144. The molecule has 0 bridgehead atoms. The van der Waals surface area contributed by atoms with Crippen molar-refractivity contribution in [2.75, 3.05) is 17.3 Å². The van der Waals surface area contributed by atoms with Gasteiger partial charge in [-0.2, -0.15) is 0 Å². The lowest BCUT2D eigenvalue weighted by Gasteiger charge is -2.19. The minimum atomic E-state index is -0.455. The van der Waals surface area contributed by atoms with E-state index < -0.39 is 5.92 Å². The number of carbonyl (C=O) groups is 2. The van der Waals surface area contributed by atoms with Crippen LogP contribution in [-0.2, 0) is 4.79 Å². The summed E-state index contributed by atoms with van der Waals surface area (Å²) in [6, 6.07) is 35.9. The number of amides is 2. The Bertz CT molecular complexity index is 1150. The molecule has 0 spiro atoms. The van der Waals surface area contributed by atoms with Crippen LogP contribution in [0.5, 0.6) is 0 Å². The molecule has 0 aliphatic rings. The van der Waals surface area contributed by atoms with Gasteiger partial charge in [0.1, 0.15) is 0 Å². The number of hydrogen-bond donors (Lipinski definition) is 1. The quantitative estimate of drug-likeness (QED) is 0.433. The highest BCUT2D eigenvalue weighted by Crippen LogP contribution is 2.27. The van der Waals surface area contributed by atoms with Crippen LogP contribution < -0.4 is 10.2 Å². The lowest BCUT2D eigenvalue weighted by atomic mass is 9.90. The van der Waals surface area contributed by atoms with E-state index in [1.807, 2.05) is 91.0 Å². The Labute approximate surface area is 188 Å². The fourth-order valence-corrected chi connectivity index (χ4v) is 3.69. The summed E-state index contributed by atoms with van der Waals surface area (Å²) in [5, 5.41) is 3.00.